The van der Waals surface area contributed by atoms with Gasteiger partial charge in [0.25, 0.3) is 0 Å². The number of furan rings is 1. The van der Waals surface area contributed by atoms with E-state index in [0.717, 1.165) is 37.3 Å². The van der Waals surface area contributed by atoms with Crippen LogP contribution in [0.15, 0.2) is 27.8 Å². The molecule has 1 aromatic heterocycles. The van der Waals surface area contributed by atoms with Crippen LogP contribution in [0, 0.1) is 0 Å². The first-order valence-electron chi connectivity index (χ1n) is 5.87. The van der Waals surface area contributed by atoms with Crippen LogP contribution < -0.4 is 11.5 Å². The second-order valence-electron chi connectivity index (χ2n) is 4.29. The number of hydrogen-bond donors (Lipinski definition) is 2. The van der Waals surface area contributed by atoms with Crippen LogP contribution in [0.3, 0.4) is 0 Å². The fraction of sp³-hybridized carbons (Fsp3) is 0.583. The van der Waals surface area contributed by atoms with Gasteiger partial charge in [0, 0.05) is 13.0 Å². The van der Waals surface area contributed by atoms with E-state index in [2.05, 4.69) is 4.99 Å². The van der Waals surface area contributed by atoms with Gasteiger partial charge in [0.1, 0.15) is 5.76 Å². The summed E-state index contributed by atoms with van der Waals surface area (Å²) >= 11 is 0. The smallest absolute Gasteiger partial charge is 0.110 e. The van der Waals surface area contributed by atoms with Crippen molar-refractivity contribution in [2.24, 2.45) is 16.5 Å². The van der Waals surface area contributed by atoms with Gasteiger partial charge in [-0.25, -0.2) is 0 Å². The lowest BCUT2D eigenvalue weighted by atomic mass is 9.94. The van der Waals surface area contributed by atoms with Crippen molar-refractivity contribution in [1.82, 2.24) is 0 Å². The van der Waals surface area contributed by atoms with Crippen LogP contribution in [0.1, 0.15) is 37.4 Å². The van der Waals surface area contributed by atoms with E-state index in [9.17, 15) is 0 Å². The standard InChI is InChI=1S/C12H19N3O/c13-8-9(11-5-3-7-16-11)10-4-1-2-6-12(14)15-10/h3,5,7,9-10H,1-2,4,6,8,13H2,(H2,14,15). The molecule has 0 saturated heterocycles. The third-order valence-electron chi connectivity index (χ3n) is 3.14. The molecule has 88 valence electrons. The SMILES string of the molecule is NCC(c1ccco1)C1CCCCC(N)=N1. The molecule has 4 heteroatoms. The molecule has 4 nitrogen and oxygen atoms in total. The molecule has 16 heavy (non-hydrogen) atoms. The van der Waals surface area contributed by atoms with Crippen molar-refractivity contribution in [2.75, 3.05) is 6.54 Å². The van der Waals surface area contributed by atoms with E-state index < -0.39 is 0 Å². The predicted molar refractivity (Wildman–Crippen MR) is 64.4 cm³/mol. The van der Waals surface area contributed by atoms with Crippen molar-refractivity contribution in [2.45, 2.75) is 37.6 Å². The second-order valence-corrected chi connectivity index (χ2v) is 4.29. The molecule has 0 aromatic carbocycles. The lowest BCUT2D eigenvalue weighted by molar-refractivity contribution is 0.406. The van der Waals surface area contributed by atoms with E-state index >= 15 is 0 Å². The Morgan fingerprint density at radius 1 is 1.50 bits per heavy atom. The zero-order valence-electron chi connectivity index (χ0n) is 9.43. The van der Waals surface area contributed by atoms with Gasteiger partial charge < -0.3 is 15.9 Å². The van der Waals surface area contributed by atoms with Gasteiger partial charge in [0.2, 0.25) is 0 Å². The highest BCUT2D eigenvalue weighted by Gasteiger charge is 2.25. The maximum atomic E-state index is 5.85. The van der Waals surface area contributed by atoms with Crippen LogP contribution in [0.25, 0.3) is 0 Å². The molecule has 2 unspecified atom stereocenters. The summed E-state index contributed by atoms with van der Waals surface area (Å²) in [5.41, 5.74) is 11.7. The van der Waals surface area contributed by atoms with Gasteiger partial charge in [0.15, 0.2) is 0 Å². The van der Waals surface area contributed by atoms with Gasteiger partial charge in [-0.15, -0.1) is 0 Å². The largest absolute Gasteiger partial charge is 0.469 e. The molecule has 2 heterocycles. The van der Waals surface area contributed by atoms with Crippen LogP contribution in [-0.2, 0) is 0 Å². The maximum absolute atomic E-state index is 5.85. The molecule has 2 atom stereocenters. The summed E-state index contributed by atoms with van der Waals surface area (Å²) in [5, 5.41) is 0. The molecule has 2 rings (SSSR count). The van der Waals surface area contributed by atoms with Crippen molar-refractivity contribution < 1.29 is 4.42 Å². The lowest BCUT2D eigenvalue weighted by Gasteiger charge is -2.20. The molecule has 0 aliphatic carbocycles. The first-order valence-corrected chi connectivity index (χ1v) is 5.87. The quantitative estimate of drug-likeness (QED) is 0.814. The zero-order chi connectivity index (χ0) is 11.4. The average molecular weight is 221 g/mol. The van der Waals surface area contributed by atoms with Gasteiger partial charge in [-0.3, -0.25) is 4.99 Å². The Balaban J connectivity index is 2.17. The maximum Gasteiger partial charge on any atom is 0.110 e. The third-order valence-corrected chi connectivity index (χ3v) is 3.14. The molecule has 0 spiro atoms. The lowest BCUT2D eigenvalue weighted by Crippen LogP contribution is -2.26. The Labute approximate surface area is 95.7 Å². The summed E-state index contributed by atoms with van der Waals surface area (Å²) in [5.74, 6) is 1.84. The van der Waals surface area contributed by atoms with Gasteiger partial charge in [-0.05, 0) is 25.0 Å². The summed E-state index contributed by atoms with van der Waals surface area (Å²) in [6.45, 7) is 0.551. The van der Waals surface area contributed by atoms with Gasteiger partial charge in [-0.2, -0.15) is 0 Å². The number of rotatable bonds is 3. The zero-order valence-corrected chi connectivity index (χ0v) is 9.43. The molecule has 1 aliphatic heterocycles. The summed E-state index contributed by atoms with van der Waals surface area (Å²) in [7, 11) is 0. The molecule has 0 bridgehead atoms. The molecule has 0 fully saturated rings. The molecule has 4 N–H and O–H groups in total. The Hall–Kier alpha value is -1.29. The van der Waals surface area contributed by atoms with E-state index in [0.29, 0.717) is 6.54 Å². The highest BCUT2D eigenvalue weighted by atomic mass is 16.3. The van der Waals surface area contributed by atoms with E-state index in [1.807, 2.05) is 12.1 Å². The number of nitrogens with zero attached hydrogens (tertiary/aromatic N) is 1. The number of amidine groups is 1. The van der Waals surface area contributed by atoms with Crippen LogP contribution in [-0.4, -0.2) is 18.4 Å². The van der Waals surface area contributed by atoms with Gasteiger partial charge in [-0.1, -0.05) is 6.42 Å². The van der Waals surface area contributed by atoms with Crippen LogP contribution in [0.2, 0.25) is 0 Å². The molecule has 1 aliphatic rings. The van der Waals surface area contributed by atoms with Crippen molar-refractivity contribution in [1.29, 1.82) is 0 Å². The first-order chi connectivity index (χ1) is 7.81. The summed E-state index contributed by atoms with van der Waals surface area (Å²) < 4.78 is 5.43. The number of hydrogen-bond acceptors (Lipinski definition) is 4. The summed E-state index contributed by atoms with van der Waals surface area (Å²) in [6, 6.07) is 4.04. The molecule has 0 amide bonds. The Bertz CT molecular complexity index is 345. The monoisotopic (exact) mass is 221 g/mol. The fourth-order valence-corrected chi connectivity index (χ4v) is 2.26. The minimum absolute atomic E-state index is 0.159. The van der Waals surface area contributed by atoms with Crippen LogP contribution in [0.4, 0.5) is 0 Å². The second kappa shape index (κ2) is 5.16. The summed E-state index contributed by atoms with van der Waals surface area (Å²) in [4.78, 5) is 4.56. The number of nitrogens with two attached hydrogens (primary N) is 2. The minimum Gasteiger partial charge on any atom is -0.469 e. The van der Waals surface area contributed by atoms with Gasteiger partial charge >= 0.3 is 0 Å². The topological polar surface area (TPSA) is 77.5 Å². The Morgan fingerprint density at radius 3 is 3.06 bits per heavy atom. The first kappa shape index (κ1) is 11.2. The van der Waals surface area contributed by atoms with Crippen LogP contribution in [0.5, 0.6) is 0 Å². The molecular formula is C12H19N3O. The van der Waals surface area contributed by atoms with E-state index in [1.165, 1.54) is 0 Å². The average Bonchev–Trinajstić information content (AvgIpc) is 2.70. The van der Waals surface area contributed by atoms with Crippen LogP contribution >= 0.6 is 0 Å². The van der Waals surface area contributed by atoms with E-state index in [1.54, 1.807) is 6.26 Å². The van der Waals surface area contributed by atoms with Crippen molar-refractivity contribution in [3.8, 4) is 0 Å². The predicted octanol–water partition coefficient (Wildman–Crippen LogP) is 1.62. The van der Waals surface area contributed by atoms with Gasteiger partial charge in [0.05, 0.1) is 24.1 Å². The van der Waals surface area contributed by atoms with Crippen molar-refractivity contribution in [3.05, 3.63) is 24.2 Å². The fourth-order valence-electron chi connectivity index (χ4n) is 2.26. The molecule has 0 radical (unpaired) electrons. The minimum atomic E-state index is 0.159. The van der Waals surface area contributed by atoms with Crippen molar-refractivity contribution in [3.63, 3.8) is 0 Å². The molecule has 1 aromatic rings. The van der Waals surface area contributed by atoms with E-state index in [-0.39, 0.29) is 12.0 Å². The number of aliphatic imine (C=N–C) groups is 1. The Morgan fingerprint density at radius 2 is 2.38 bits per heavy atom. The molecular weight excluding hydrogens is 202 g/mol. The van der Waals surface area contributed by atoms with E-state index in [4.69, 9.17) is 15.9 Å². The summed E-state index contributed by atoms with van der Waals surface area (Å²) in [6.07, 6.45) is 5.92. The highest BCUT2D eigenvalue weighted by molar-refractivity contribution is 5.80. The highest BCUT2D eigenvalue weighted by Crippen LogP contribution is 2.27. The Kier molecular flexibility index (Phi) is 3.62. The normalized spacial score (nSPS) is 23.6. The third kappa shape index (κ3) is 2.44. The van der Waals surface area contributed by atoms with Crippen molar-refractivity contribution >= 4 is 5.84 Å². The molecule has 0 saturated carbocycles.